The summed E-state index contributed by atoms with van der Waals surface area (Å²) in [4.78, 5) is 12.2. The van der Waals surface area contributed by atoms with Crippen molar-refractivity contribution in [3.05, 3.63) is 34.6 Å². The van der Waals surface area contributed by atoms with Crippen molar-refractivity contribution in [3.8, 4) is 0 Å². The van der Waals surface area contributed by atoms with Gasteiger partial charge in [-0.1, -0.05) is 37.4 Å². The molecule has 0 bridgehead atoms. The molecule has 6 nitrogen and oxygen atoms in total. The molecule has 1 aliphatic heterocycles. The fourth-order valence-corrected chi connectivity index (χ4v) is 4.85. The van der Waals surface area contributed by atoms with Crippen molar-refractivity contribution in [2.45, 2.75) is 45.6 Å². The molecule has 0 unspecified atom stereocenters. The molecule has 2 rings (SSSR count). The second kappa shape index (κ2) is 10.5. The average molecular weight is 434 g/mol. The molecule has 0 aromatic heterocycles. The van der Waals surface area contributed by atoms with Crippen molar-refractivity contribution < 1.29 is 17.6 Å². The lowest BCUT2D eigenvalue weighted by Gasteiger charge is -2.33. The van der Waals surface area contributed by atoms with E-state index in [2.05, 4.69) is 12.2 Å². The summed E-state index contributed by atoms with van der Waals surface area (Å²) in [7, 11) is -2.35. The van der Waals surface area contributed by atoms with Crippen molar-refractivity contribution in [3.63, 3.8) is 0 Å². The van der Waals surface area contributed by atoms with Crippen LogP contribution in [0.15, 0.2) is 18.2 Å². The molecule has 158 valence electrons. The maximum atomic E-state index is 14.0. The normalized spacial score (nSPS) is 16.5. The molecular weight excluding hydrogens is 405 g/mol. The Kier molecular flexibility index (Phi) is 8.67. The first-order valence-corrected chi connectivity index (χ1v) is 11.5. The minimum Gasteiger partial charge on any atom is -0.356 e. The van der Waals surface area contributed by atoms with E-state index in [0.29, 0.717) is 19.4 Å². The average Bonchev–Trinajstić information content (AvgIpc) is 2.68. The van der Waals surface area contributed by atoms with E-state index >= 15 is 0 Å². The summed E-state index contributed by atoms with van der Waals surface area (Å²) in [5.41, 5.74) is 0.150. The van der Waals surface area contributed by atoms with Gasteiger partial charge in [0.15, 0.2) is 0 Å². The number of hydrogen-bond acceptors (Lipinski definition) is 3. The van der Waals surface area contributed by atoms with Crippen LogP contribution in [0.5, 0.6) is 0 Å². The minimum atomic E-state index is -3.76. The standard InChI is InChI=1S/C19H29ClFN3O3S/c1-3-4-5-11-22-19(25)15-9-12-24(13-10-15)28(26,27)23(2)14-16-17(20)7-6-8-18(16)21/h6-8,15H,3-5,9-14H2,1-2H3,(H,22,25). The predicted molar refractivity (Wildman–Crippen MR) is 109 cm³/mol. The summed E-state index contributed by atoms with van der Waals surface area (Å²) in [6, 6.07) is 4.27. The number of unbranched alkanes of at least 4 members (excludes halogenated alkanes) is 2. The molecule has 0 aliphatic carbocycles. The molecule has 1 heterocycles. The summed E-state index contributed by atoms with van der Waals surface area (Å²) in [5.74, 6) is -0.702. The third-order valence-electron chi connectivity index (χ3n) is 5.07. The quantitative estimate of drug-likeness (QED) is 0.608. The van der Waals surface area contributed by atoms with Gasteiger partial charge in [-0.05, 0) is 31.4 Å². The predicted octanol–water partition coefficient (Wildman–Crippen LogP) is 3.17. The monoisotopic (exact) mass is 433 g/mol. The van der Waals surface area contributed by atoms with Crippen molar-refractivity contribution in [2.24, 2.45) is 5.92 Å². The number of nitrogens with one attached hydrogen (secondary N) is 1. The van der Waals surface area contributed by atoms with Gasteiger partial charge in [-0.25, -0.2) is 4.39 Å². The molecule has 1 fully saturated rings. The number of amides is 1. The van der Waals surface area contributed by atoms with Gasteiger partial charge in [0, 0.05) is 49.7 Å². The fourth-order valence-electron chi connectivity index (χ4n) is 3.26. The highest BCUT2D eigenvalue weighted by Crippen LogP contribution is 2.25. The Hall–Kier alpha value is -1.22. The molecule has 1 N–H and O–H groups in total. The van der Waals surface area contributed by atoms with Crippen LogP contribution in [0.4, 0.5) is 4.39 Å². The van der Waals surface area contributed by atoms with Gasteiger partial charge in [-0.2, -0.15) is 17.0 Å². The molecule has 0 spiro atoms. The molecule has 9 heteroatoms. The maximum Gasteiger partial charge on any atom is 0.282 e. The lowest BCUT2D eigenvalue weighted by molar-refractivity contribution is -0.126. The molecule has 1 saturated heterocycles. The second-order valence-electron chi connectivity index (χ2n) is 7.14. The van der Waals surface area contributed by atoms with E-state index in [1.54, 1.807) is 0 Å². The summed E-state index contributed by atoms with van der Waals surface area (Å²) in [6.07, 6.45) is 4.09. The topological polar surface area (TPSA) is 69.7 Å². The van der Waals surface area contributed by atoms with Gasteiger partial charge >= 0.3 is 0 Å². The van der Waals surface area contributed by atoms with Crippen LogP contribution >= 0.6 is 11.6 Å². The first-order chi connectivity index (χ1) is 13.3. The minimum absolute atomic E-state index is 0.000330. The Morgan fingerprint density at radius 1 is 1.32 bits per heavy atom. The largest absolute Gasteiger partial charge is 0.356 e. The summed E-state index contributed by atoms with van der Waals surface area (Å²) < 4.78 is 42.1. The third-order valence-corrected chi connectivity index (χ3v) is 7.36. The van der Waals surface area contributed by atoms with Gasteiger partial charge in [-0.3, -0.25) is 4.79 Å². The Labute approximate surface area is 172 Å². The number of nitrogens with zero attached hydrogens (tertiary/aromatic N) is 2. The number of carbonyl (C=O) groups excluding carboxylic acids is 1. The Balaban J connectivity index is 1.90. The highest BCUT2D eigenvalue weighted by molar-refractivity contribution is 7.86. The smallest absolute Gasteiger partial charge is 0.282 e. The highest BCUT2D eigenvalue weighted by Gasteiger charge is 2.33. The Morgan fingerprint density at radius 3 is 2.61 bits per heavy atom. The van der Waals surface area contributed by atoms with E-state index in [4.69, 9.17) is 11.6 Å². The van der Waals surface area contributed by atoms with Crippen LogP contribution in [-0.2, 0) is 21.5 Å². The van der Waals surface area contributed by atoms with E-state index in [1.807, 2.05) is 0 Å². The van der Waals surface area contributed by atoms with Crippen LogP contribution in [-0.4, -0.2) is 49.6 Å². The second-order valence-corrected chi connectivity index (χ2v) is 9.58. The fraction of sp³-hybridized carbons (Fsp3) is 0.632. The van der Waals surface area contributed by atoms with Crippen LogP contribution < -0.4 is 5.32 Å². The number of carbonyl (C=O) groups is 1. The zero-order valence-electron chi connectivity index (χ0n) is 16.5. The molecular formula is C19H29ClFN3O3S. The number of benzene rings is 1. The lowest BCUT2D eigenvalue weighted by Crippen LogP contribution is -2.47. The van der Waals surface area contributed by atoms with Gasteiger partial charge in [-0.15, -0.1) is 0 Å². The molecule has 0 radical (unpaired) electrons. The SMILES string of the molecule is CCCCCNC(=O)C1CCN(S(=O)(=O)N(C)Cc2c(F)cccc2Cl)CC1. The van der Waals surface area contributed by atoms with Crippen LogP contribution in [0.3, 0.4) is 0 Å². The first kappa shape index (κ1) is 23.1. The molecule has 1 amide bonds. The van der Waals surface area contributed by atoms with Crippen molar-refractivity contribution >= 4 is 27.7 Å². The number of halogens is 2. The van der Waals surface area contributed by atoms with Crippen molar-refractivity contribution in [2.75, 3.05) is 26.7 Å². The molecule has 28 heavy (non-hydrogen) atoms. The van der Waals surface area contributed by atoms with Crippen molar-refractivity contribution in [1.82, 2.24) is 13.9 Å². The summed E-state index contributed by atoms with van der Waals surface area (Å²) in [6.45, 7) is 3.16. The number of piperidine rings is 1. The van der Waals surface area contributed by atoms with Crippen LogP contribution in [0.25, 0.3) is 0 Å². The Bertz CT molecular complexity index is 747. The van der Waals surface area contributed by atoms with E-state index in [1.165, 1.54) is 29.6 Å². The molecule has 1 aromatic rings. The molecule has 1 aromatic carbocycles. The van der Waals surface area contributed by atoms with Gasteiger partial charge in [0.2, 0.25) is 5.91 Å². The van der Waals surface area contributed by atoms with Crippen LogP contribution in [0.2, 0.25) is 5.02 Å². The number of hydrogen-bond donors (Lipinski definition) is 1. The zero-order chi connectivity index (χ0) is 20.7. The van der Waals surface area contributed by atoms with E-state index in [9.17, 15) is 17.6 Å². The Morgan fingerprint density at radius 2 is 2.00 bits per heavy atom. The van der Waals surface area contributed by atoms with Gasteiger partial charge in [0.05, 0.1) is 0 Å². The third kappa shape index (κ3) is 5.89. The maximum absolute atomic E-state index is 14.0. The summed E-state index contributed by atoms with van der Waals surface area (Å²) in [5, 5.41) is 3.13. The number of rotatable bonds is 9. The molecule has 0 saturated carbocycles. The highest BCUT2D eigenvalue weighted by atomic mass is 35.5. The van der Waals surface area contributed by atoms with Crippen LogP contribution in [0, 0.1) is 11.7 Å². The summed E-state index contributed by atoms with van der Waals surface area (Å²) >= 11 is 6.01. The van der Waals surface area contributed by atoms with E-state index in [-0.39, 0.29) is 42.0 Å². The zero-order valence-corrected chi connectivity index (χ0v) is 18.0. The van der Waals surface area contributed by atoms with Crippen molar-refractivity contribution in [1.29, 1.82) is 0 Å². The lowest BCUT2D eigenvalue weighted by atomic mass is 9.97. The van der Waals surface area contributed by atoms with Gasteiger partial charge < -0.3 is 5.32 Å². The first-order valence-electron chi connectivity index (χ1n) is 9.69. The van der Waals surface area contributed by atoms with Gasteiger partial charge in [0.1, 0.15) is 5.82 Å². The molecule has 0 atom stereocenters. The van der Waals surface area contributed by atoms with Gasteiger partial charge in [0.25, 0.3) is 10.2 Å². The van der Waals surface area contributed by atoms with Crippen LogP contribution in [0.1, 0.15) is 44.6 Å². The van der Waals surface area contributed by atoms with E-state index < -0.39 is 16.0 Å². The van der Waals surface area contributed by atoms with E-state index in [0.717, 1.165) is 23.6 Å². The molecule has 1 aliphatic rings.